The average Bonchev–Trinajstić information content (AvgIpc) is 2.95. The Morgan fingerprint density at radius 2 is 1.64 bits per heavy atom. The van der Waals surface area contributed by atoms with Gasteiger partial charge < -0.3 is 10.1 Å². The monoisotopic (exact) mass is 623 g/mol. The first kappa shape index (κ1) is 32.6. The number of hydroxylamine groups is 2. The standard InChI is InChI=1S/C31H31F6N3O4/c1-18-6-4-5-7-26(18)40(17-19-12-22(13-19)28(41)39(2)43-3)30(42)38-27(20-8-10-23(32)11-9-20)21-14-24(33)16-25(15-21)44-31(36,37)29(34)35/h4-11,14-16,19,22,27,29H,12-13,17H2,1-3H3,(H,38,42)/t19?,22?,27-/m1/s1. The Kier molecular flexibility index (Phi) is 10.1. The Balaban J connectivity index is 1.66. The normalized spacial score (nSPS) is 17.0. The van der Waals surface area contributed by atoms with Gasteiger partial charge in [0.2, 0.25) is 5.91 Å². The van der Waals surface area contributed by atoms with Crippen molar-refractivity contribution in [1.29, 1.82) is 0 Å². The minimum Gasteiger partial charge on any atom is -0.428 e. The molecule has 1 N–H and O–H groups in total. The van der Waals surface area contributed by atoms with E-state index in [-0.39, 0.29) is 35.4 Å². The number of para-hydroxylation sites is 1. The lowest BCUT2D eigenvalue weighted by Crippen LogP contribution is -2.48. The van der Waals surface area contributed by atoms with Crippen LogP contribution in [0.15, 0.2) is 66.7 Å². The lowest BCUT2D eigenvalue weighted by molar-refractivity contribution is -0.253. The first-order valence-corrected chi connectivity index (χ1v) is 13.6. The Bertz CT molecular complexity index is 1470. The zero-order valence-corrected chi connectivity index (χ0v) is 24.1. The molecule has 236 valence electrons. The van der Waals surface area contributed by atoms with Crippen molar-refractivity contribution in [3.8, 4) is 5.75 Å². The predicted molar refractivity (Wildman–Crippen MR) is 149 cm³/mol. The number of carbonyl (C=O) groups is 2. The van der Waals surface area contributed by atoms with Crippen molar-refractivity contribution < 1.29 is 45.5 Å². The second kappa shape index (κ2) is 13.6. The van der Waals surface area contributed by atoms with Crippen LogP contribution < -0.4 is 15.0 Å². The van der Waals surface area contributed by atoms with E-state index in [1.165, 1.54) is 31.2 Å². The van der Waals surface area contributed by atoms with Gasteiger partial charge in [0.05, 0.1) is 13.2 Å². The van der Waals surface area contributed by atoms with E-state index in [9.17, 15) is 35.9 Å². The molecule has 1 aliphatic rings. The van der Waals surface area contributed by atoms with Crippen LogP contribution in [0.4, 0.5) is 36.8 Å². The van der Waals surface area contributed by atoms with Gasteiger partial charge in [0.25, 0.3) is 0 Å². The molecule has 0 bridgehead atoms. The van der Waals surface area contributed by atoms with Crippen molar-refractivity contribution in [1.82, 2.24) is 10.4 Å². The molecule has 0 radical (unpaired) electrons. The van der Waals surface area contributed by atoms with Gasteiger partial charge in [0, 0.05) is 31.3 Å². The van der Waals surface area contributed by atoms with Crippen molar-refractivity contribution in [2.75, 3.05) is 25.6 Å². The van der Waals surface area contributed by atoms with Crippen molar-refractivity contribution in [2.45, 2.75) is 38.3 Å². The van der Waals surface area contributed by atoms with Crippen LogP contribution in [0.3, 0.4) is 0 Å². The van der Waals surface area contributed by atoms with E-state index in [4.69, 9.17) is 4.84 Å². The maximum absolute atomic E-state index is 14.6. The van der Waals surface area contributed by atoms with E-state index in [0.29, 0.717) is 24.6 Å². The van der Waals surface area contributed by atoms with E-state index in [0.717, 1.165) is 34.9 Å². The van der Waals surface area contributed by atoms with Gasteiger partial charge in [-0.1, -0.05) is 30.3 Å². The van der Waals surface area contributed by atoms with Crippen LogP contribution >= 0.6 is 0 Å². The second-order valence-electron chi connectivity index (χ2n) is 10.6. The quantitative estimate of drug-likeness (QED) is 0.187. The molecule has 3 aromatic rings. The average molecular weight is 624 g/mol. The molecule has 1 fully saturated rings. The molecule has 1 saturated carbocycles. The van der Waals surface area contributed by atoms with Gasteiger partial charge in [-0.15, -0.1) is 0 Å². The molecule has 13 heteroatoms. The number of urea groups is 1. The van der Waals surface area contributed by atoms with Gasteiger partial charge >= 0.3 is 18.6 Å². The summed E-state index contributed by atoms with van der Waals surface area (Å²) in [5.74, 6) is -3.12. The smallest absolute Gasteiger partial charge is 0.428 e. The first-order valence-electron chi connectivity index (χ1n) is 13.6. The van der Waals surface area contributed by atoms with Crippen molar-refractivity contribution >= 4 is 17.6 Å². The van der Waals surface area contributed by atoms with Gasteiger partial charge in [0.1, 0.15) is 17.4 Å². The number of nitrogens with one attached hydrogen (secondary N) is 1. The molecule has 1 aliphatic carbocycles. The molecule has 0 aromatic heterocycles. The molecule has 0 spiro atoms. The largest absolute Gasteiger partial charge is 0.461 e. The zero-order valence-electron chi connectivity index (χ0n) is 24.1. The molecule has 44 heavy (non-hydrogen) atoms. The highest BCUT2D eigenvalue weighted by Gasteiger charge is 2.44. The number of ether oxygens (including phenoxy) is 1. The molecule has 7 nitrogen and oxygen atoms in total. The predicted octanol–water partition coefficient (Wildman–Crippen LogP) is 6.86. The highest BCUT2D eigenvalue weighted by Crippen LogP contribution is 2.37. The topological polar surface area (TPSA) is 71.1 Å². The Morgan fingerprint density at radius 3 is 2.25 bits per heavy atom. The zero-order chi connectivity index (χ0) is 32.2. The highest BCUT2D eigenvalue weighted by molar-refractivity contribution is 5.93. The lowest BCUT2D eigenvalue weighted by Gasteiger charge is -2.39. The van der Waals surface area contributed by atoms with E-state index in [2.05, 4.69) is 10.1 Å². The number of hydrogen-bond acceptors (Lipinski definition) is 4. The highest BCUT2D eigenvalue weighted by atomic mass is 19.3. The number of alkyl halides is 4. The number of nitrogens with zero attached hydrogens (tertiary/aromatic N) is 2. The molecule has 0 saturated heterocycles. The number of halogens is 6. The third-order valence-corrected chi connectivity index (χ3v) is 7.47. The Hall–Kier alpha value is -4.26. The molecular formula is C31H31F6N3O4. The van der Waals surface area contributed by atoms with E-state index < -0.39 is 42.0 Å². The molecular weight excluding hydrogens is 592 g/mol. The number of carbonyl (C=O) groups excluding carboxylic acids is 2. The summed E-state index contributed by atoms with van der Waals surface area (Å²) in [6.45, 7) is 2.00. The minimum absolute atomic E-state index is 0.0606. The Labute approximate surface area is 250 Å². The van der Waals surface area contributed by atoms with Crippen LogP contribution in [0.5, 0.6) is 5.75 Å². The van der Waals surface area contributed by atoms with Crippen LogP contribution in [-0.4, -0.2) is 50.2 Å². The summed E-state index contributed by atoms with van der Waals surface area (Å²) >= 11 is 0. The summed E-state index contributed by atoms with van der Waals surface area (Å²) in [5, 5.41) is 3.91. The van der Waals surface area contributed by atoms with Crippen LogP contribution in [0.25, 0.3) is 0 Å². The number of hydrogen-bond donors (Lipinski definition) is 1. The number of benzene rings is 3. The maximum atomic E-state index is 14.6. The second-order valence-corrected chi connectivity index (χ2v) is 10.6. The number of anilines is 1. The maximum Gasteiger partial charge on any atom is 0.461 e. The number of rotatable bonds is 11. The summed E-state index contributed by atoms with van der Waals surface area (Å²) in [5.41, 5.74) is 1.43. The van der Waals surface area contributed by atoms with Crippen LogP contribution in [-0.2, 0) is 9.63 Å². The molecule has 0 unspecified atom stereocenters. The third kappa shape index (κ3) is 7.62. The number of aryl methyl sites for hydroxylation is 1. The van der Waals surface area contributed by atoms with Gasteiger partial charge in [-0.05, 0) is 72.7 Å². The fourth-order valence-electron chi connectivity index (χ4n) is 5.08. The summed E-state index contributed by atoms with van der Waals surface area (Å²) in [7, 11) is 2.89. The van der Waals surface area contributed by atoms with Gasteiger partial charge in [-0.25, -0.2) is 18.6 Å². The minimum atomic E-state index is -4.90. The molecule has 0 aliphatic heterocycles. The Morgan fingerprint density at radius 1 is 0.977 bits per heavy atom. The molecule has 1 atom stereocenters. The van der Waals surface area contributed by atoms with Crippen LogP contribution in [0.1, 0.15) is 35.6 Å². The molecule has 3 amide bonds. The van der Waals surface area contributed by atoms with Gasteiger partial charge in [-0.3, -0.25) is 14.5 Å². The lowest BCUT2D eigenvalue weighted by atomic mass is 9.74. The number of amides is 3. The summed E-state index contributed by atoms with van der Waals surface area (Å²) < 4.78 is 85.4. The van der Waals surface area contributed by atoms with Crippen molar-refractivity contribution in [3.05, 3.63) is 95.1 Å². The summed E-state index contributed by atoms with van der Waals surface area (Å²) in [4.78, 5) is 32.8. The first-order chi connectivity index (χ1) is 20.8. The van der Waals surface area contributed by atoms with Crippen LogP contribution in [0, 0.1) is 30.4 Å². The van der Waals surface area contributed by atoms with E-state index in [1.54, 1.807) is 31.2 Å². The summed E-state index contributed by atoms with van der Waals surface area (Å²) in [6.07, 6.45) is -8.10. The van der Waals surface area contributed by atoms with Gasteiger partial charge in [-0.2, -0.15) is 17.6 Å². The third-order valence-electron chi connectivity index (χ3n) is 7.47. The van der Waals surface area contributed by atoms with Crippen molar-refractivity contribution in [3.63, 3.8) is 0 Å². The molecule has 0 heterocycles. The van der Waals surface area contributed by atoms with Gasteiger partial charge in [0.15, 0.2) is 0 Å². The summed E-state index contributed by atoms with van der Waals surface area (Å²) in [6, 6.07) is 12.3. The van der Waals surface area contributed by atoms with E-state index >= 15 is 0 Å². The molecule has 3 aromatic carbocycles. The fraction of sp³-hybridized carbons (Fsp3) is 0.355. The molecule has 4 rings (SSSR count). The van der Waals surface area contributed by atoms with E-state index in [1.807, 2.05) is 0 Å². The van der Waals surface area contributed by atoms with Crippen LogP contribution in [0.2, 0.25) is 0 Å². The fourth-order valence-corrected chi connectivity index (χ4v) is 5.08. The SMILES string of the molecule is CON(C)C(=O)C1CC(CN(C(=O)N[C@H](c2ccc(F)cc2)c2cc(F)cc(OC(F)(F)C(F)F)c2)c2ccccc2C)C1. The van der Waals surface area contributed by atoms with Crippen molar-refractivity contribution in [2.24, 2.45) is 11.8 Å².